The zero-order valence-corrected chi connectivity index (χ0v) is 17.0. The van der Waals surface area contributed by atoms with E-state index in [1.165, 1.54) is 24.6 Å². The Kier molecular flexibility index (Phi) is 6.71. The monoisotopic (exact) mass is 423 g/mol. The molecule has 1 amide bonds. The molecule has 9 nitrogen and oxygen atoms in total. The van der Waals surface area contributed by atoms with Gasteiger partial charge in [-0.2, -0.15) is 0 Å². The van der Waals surface area contributed by atoms with Gasteiger partial charge in [-0.05, 0) is 12.1 Å². The highest BCUT2D eigenvalue weighted by molar-refractivity contribution is 6.08. The van der Waals surface area contributed by atoms with Crippen molar-refractivity contribution < 1.29 is 13.7 Å². The van der Waals surface area contributed by atoms with E-state index in [1.54, 1.807) is 38.1 Å². The summed E-state index contributed by atoms with van der Waals surface area (Å²) in [7, 11) is 0. The number of halogens is 1. The standard InChI is InChI=1S/C21H22FN7O2/c1-12(2)21(30)27-18-11-26-20(28-19(18)24)15(23)9-17(16-7-8-31-29-16)25-10-13-5-3-4-6-14(13)22/h3-9,11-12,23,25H,10H2,1-2H3,(H,27,30)(H2,24,26,28)/b17-9-,23-15?. The number of carbonyl (C=O) groups is 1. The second-order valence-electron chi connectivity index (χ2n) is 6.94. The Morgan fingerprint density at radius 1 is 1.32 bits per heavy atom. The molecule has 0 saturated carbocycles. The summed E-state index contributed by atoms with van der Waals surface area (Å²) in [5, 5.41) is 17.9. The molecule has 0 aliphatic rings. The van der Waals surface area contributed by atoms with Crippen LogP contribution in [-0.2, 0) is 11.3 Å². The van der Waals surface area contributed by atoms with Gasteiger partial charge in [0.05, 0.1) is 11.9 Å². The number of nitrogen functional groups attached to an aromatic ring is 1. The van der Waals surface area contributed by atoms with E-state index in [0.717, 1.165) is 0 Å². The number of hydrogen-bond acceptors (Lipinski definition) is 8. The van der Waals surface area contributed by atoms with Gasteiger partial charge in [-0.25, -0.2) is 14.4 Å². The number of nitrogens with zero attached hydrogens (tertiary/aromatic N) is 3. The Balaban J connectivity index is 1.81. The van der Waals surface area contributed by atoms with Crippen molar-refractivity contribution in [2.75, 3.05) is 11.1 Å². The molecule has 0 atom stereocenters. The highest BCUT2D eigenvalue weighted by Crippen LogP contribution is 2.17. The van der Waals surface area contributed by atoms with E-state index in [4.69, 9.17) is 15.7 Å². The summed E-state index contributed by atoms with van der Waals surface area (Å²) in [6.45, 7) is 3.67. The van der Waals surface area contributed by atoms with E-state index in [0.29, 0.717) is 17.0 Å². The van der Waals surface area contributed by atoms with Crippen molar-refractivity contribution in [3.63, 3.8) is 0 Å². The normalized spacial score (nSPS) is 11.4. The average molecular weight is 423 g/mol. The van der Waals surface area contributed by atoms with Crippen LogP contribution in [0.5, 0.6) is 0 Å². The van der Waals surface area contributed by atoms with Gasteiger partial charge in [0.1, 0.15) is 29.2 Å². The minimum atomic E-state index is -0.347. The molecule has 0 aliphatic carbocycles. The van der Waals surface area contributed by atoms with Gasteiger partial charge in [0.15, 0.2) is 11.6 Å². The Hall–Kier alpha value is -4.08. The molecule has 5 N–H and O–H groups in total. The number of rotatable bonds is 8. The van der Waals surface area contributed by atoms with Crippen molar-refractivity contribution >= 4 is 28.8 Å². The SMILES string of the molecule is CC(C)C(=O)Nc1cnc(C(=N)/C=C(\NCc2ccccc2F)c2ccon2)nc1N. The Morgan fingerprint density at radius 2 is 2.10 bits per heavy atom. The summed E-state index contributed by atoms with van der Waals surface area (Å²) >= 11 is 0. The smallest absolute Gasteiger partial charge is 0.227 e. The van der Waals surface area contributed by atoms with Crippen LogP contribution >= 0.6 is 0 Å². The number of anilines is 2. The first-order chi connectivity index (χ1) is 14.8. The second-order valence-corrected chi connectivity index (χ2v) is 6.94. The van der Waals surface area contributed by atoms with Gasteiger partial charge in [0.25, 0.3) is 0 Å². The lowest BCUT2D eigenvalue weighted by Gasteiger charge is -2.11. The number of hydrogen-bond donors (Lipinski definition) is 4. The summed E-state index contributed by atoms with van der Waals surface area (Å²) in [5.74, 6) is -0.706. The third kappa shape index (κ3) is 5.50. The van der Waals surface area contributed by atoms with Crippen LogP contribution in [-0.4, -0.2) is 26.7 Å². The molecular formula is C21H22FN7O2. The van der Waals surface area contributed by atoms with E-state index >= 15 is 0 Å². The van der Waals surface area contributed by atoms with Crippen molar-refractivity contribution in [1.29, 1.82) is 5.41 Å². The maximum atomic E-state index is 13.9. The molecule has 0 spiro atoms. The highest BCUT2D eigenvalue weighted by atomic mass is 19.1. The molecule has 0 saturated heterocycles. The molecule has 10 heteroatoms. The first-order valence-electron chi connectivity index (χ1n) is 9.47. The number of allylic oxidation sites excluding steroid dienone is 1. The molecule has 0 radical (unpaired) electrons. The Labute approximate surface area is 178 Å². The number of nitrogens with two attached hydrogens (primary N) is 1. The summed E-state index contributed by atoms with van der Waals surface area (Å²) in [5.41, 5.74) is 7.42. The summed E-state index contributed by atoms with van der Waals surface area (Å²) in [4.78, 5) is 20.1. The van der Waals surface area contributed by atoms with Gasteiger partial charge in [-0.15, -0.1) is 0 Å². The fourth-order valence-electron chi connectivity index (χ4n) is 2.51. The largest absolute Gasteiger partial charge is 0.382 e. The van der Waals surface area contributed by atoms with Crippen molar-refractivity contribution in [1.82, 2.24) is 20.4 Å². The molecule has 2 aromatic heterocycles. The van der Waals surface area contributed by atoms with Crippen LogP contribution in [0.2, 0.25) is 0 Å². The number of benzene rings is 1. The summed E-state index contributed by atoms with van der Waals surface area (Å²) < 4.78 is 18.8. The van der Waals surface area contributed by atoms with Gasteiger partial charge in [-0.1, -0.05) is 37.2 Å². The quantitative estimate of drug-likeness (QED) is 0.408. The van der Waals surface area contributed by atoms with E-state index in [-0.39, 0.29) is 47.2 Å². The van der Waals surface area contributed by atoms with Crippen LogP contribution in [0, 0.1) is 17.1 Å². The molecule has 0 bridgehead atoms. The number of amides is 1. The molecule has 3 rings (SSSR count). The lowest BCUT2D eigenvalue weighted by molar-refractivity contribution is -0.118. The number of nitrogens with one attached hydrogen (secondary N) is 3. The minimum Gasteiger partial charge on any atom is -0.382 e. The van der Waals surface area contributed by atoms with Crippen molar-refractivity contribution in [2.45, 2.75) is 20.4 Å². The van der Waals surface area contributed by atoms with Gasteiger partial charge in [-0.3, -0.25) is 10.2 Å². The number of aromatic nitrogens is 3. The fraction of sp³-hybridized carbons (Fsp3) is 0.190. The Bertz CT molecular complexity index is 1110. The third-order valence-electron chi connectivity index (χ3n) is 4.27. The average Bonchev–Trinajstić information content (AvgIpc) is 3.28. The predicted molar refractivity (Wildman–Crippen MR) is 114 cm³/mol. The van der Waals surface area contributed by atoms with Crippen LogP contribution in [0.4, 0.5) is 15.9 Å². The summed E-state index contributed by atoms with van der Waals surface area (Å²) in [6, 6.07) is 7.97. The third-order valence-corrected chi connectivity index (χ3v) is 4.27. The molecule has 31 heavy (non-hydrogen) atoms. The van der Waals surface area contributed by atoms with Gasteiger partial charge >= 0.3 is 0 Å². The first kappa shape index (κ1) is 21.6. The molecular weight excluding hydrogens is 401 g/mol. The van der Waals surface area contributed by atoms with Crippen molar-refractivity contribution in [3.05, 3.63) is 71.8 Å². The van der Waals surface area contributed by atoms with Crippen molar-refractivity contribution in [3.8, 4) is 0 Å². The minimum absolute atomic E-state index is 0.0412. The first-order valence-corrected chi connectivity index (χ1v) is 9.47. The lowest BCUT2D eigenvalue weighted by Crippen LogP contribution is -2.20. The second kappa shape index (κ2) is 9.61. The topological polar surface area (TPSA) is 143 Å². The molecule has 0 unspecified atom stereocenters. The maximum Gasteiger partial charge on any atom is 0.227 e. The molecule has 1 aromatic carbocycles. The van der Waals surface area contributed by atoms with Crippen LogP contribution in [0.25, 0.3) is 5.70 Å². The fourth-order valence-corrected chi connectivity index (χ4v) is 2.51. The van der Waals surface area contributed by atoms with Crippen LogP contribution in [0.1, 0.15) is 30.9 Å². The molecule has 160 valence electrons. The number of carbonyl (C=O) groups excluding carboxylic acids is 1. The van der Waals surface area contributed by atoms with E-state index < -0.39 is 0 Å². The molecule has 3 aromatic rings. The van der Waals surface area contributed by atoms with Crippen LogP contribution in [0.15, 0.2) is 53.4 Å². The molecule has 0 aliphatic heterocycles. The van der Waals surface area contributed by atoms with Gasteiger partial charge in [0, 0.05) is 24.1 Å². The van der Waals surface area contributed by atoms with E-state index in [2.05, 4.69) is 25.8 Å². The van der Waals surface area contributed by atoms with Gasteiger partial charge in [0.2, 0.25) is 5.91 Å². The highest BCUT2D eigenvalue weighted by Gasteiger charge is 2.14. The summed E-state index contributed by atoms with van der Waals surface area (Å²) in [6.07, 6.45) is 4.18. The molecule has 2 heterocycles. The van der Waals surface area contributed by atoms with Crippen LogP contribution in [0.3, 0.4) is 0 Å². The lowest BCUT2D eigenvalue weighted by atomic mass is 10.2. The predicted octanol–water partition coefficient (Wildman–Crippen LogP) is 2.98. The van der Waals surface area contributed by atoms with Gasteiger partial charge < -0.3 is 20.9 Å². The molecule has 0 fully saturated rings. The zero-order chi connectivity index (χ0) is 22.4. The van der Waals surface area contributed by atoms with E-state index in [1.807, 2.05) is 0 Å². The van der Waals surface area contributed by atoms with Crippen molar-refractivity contribution in [2.24, 2.45) is 5.92 Å². The Morgan fingerprint density at radius 3 is 2.74 bits per heavy atom. The van der Waals surface area contributed by atoms with E-state index in [9.17, 15) is 9.18 Å². The van der Waals surface area contributed by atoms with Crippen LogP contribution < -0.4 is 16.4 Å². The maximum absolute atomic E-state index is 13.9. The zero-order valence-electron chi connectivity index (χ0n) is 17.0.